The zero-order valence-electron chi connectivity index (χ0n) is 13.5. The van der Waals surface area contributed by atoms with Gasteiger partial charge in [-0.15, -0.1) is 0 Å². The van der Waals surface area contributed by atoms with Crippen molar-refractivity contribution in [2.24, 2.45) is 0 Å². The Morgan fingerprint density at radius 3 is 2.46 bits per heavy atom. The molecular weight excluding hydrogens is 373 g/mol. The Morgan fingerprint density at radius 1 is 1.12 bits per heavy atom. The van der Waals surface area contributed by atoms with Crippen LogP contribution in [-0.2, 0) is 22.3 Å². The number of halogens is 4. The van der Waals surface area contributed by atoms with E-state index in [1.807, 2.05) is 0 Å². The van der Waals surface area contributed by atoms with Crippen LogP contribution in [0, 0.1) is 0 Å². The maximum atomic E-state index is 12.8. The zero-order valence-corrected chi connectivity index (χ0v) is 14.2. The third-order valence-electron chi connectivity index (χ3n) is 3.37. The maximum absolute atomic E-state index is 12.8. The highest BCUT2D eigenvalue weighted by molar-refractivity contribution is 6.39. The molecule has 2 aromatic carbocycles. The van der Waals surface area contributed by atoms with Crippen molar-refractivity contribution < 1.29 is 27.5 Å². The Balaban J connectivity index is 2.02. The number of rotatable bonds is 4. The van der Waals surface area contributed by atoms with Crippen molar-refractivity contribution in [3.63, 3.8) is 0 Å². The number of methoxy groups -OCH3 is 1. The lowest BCUT2D eigenvalue weighted by atomic mass is 10.2. The first-order valence-electron chi connectivity index (χ1n) is 7.30. The van der Waals surface area contributed by atoms with Gasteiger partial charge in [-0.05, 0) is 24.3 Å². The van der Waals surface area contributed by atoms with Crippen LogP contribution < -0.4 is 15.4 Å². The van der Waals surface area contributed by atoms with Crippen molar-refractivity contribution >= 4 is 29.1 Å². The SMILES string of the molecule is COc1ccccc1CNC(=O)C(=O)Nc1ccc(Cl)c(C(F)(F)F)c1. The van der Waals surface area contributed by atoms with E-state index in [-0.39, 0.29) is 12.2 Å². The molecule has 0 bridgehead atoms. The molecule has 2 N–H and O–H groups in total. The highest BCUT2D eigenvalue weighted by atomic mass is 35.5. The standard InChI is InChI=1S/C17H14ClF3N2O3/c1-26-14-5-3-2-4-10(14)9-22-15(24)16(25)23-11-6-7-13(18)12(8-11)17(19,20)21/h2-8H,9H2,1H3,(H,22,24)(H,23,25). The van der Waals surface area contributed by atoms with Gasteiger partial charge in [0.15, 0.2) is 0 Å². The Hall–Kier alpha value is -2.74. The van der Waals surface area contributed by atoms with Crippen LogP contribution in [0.2, 0.25) is 5.02 Å². The molecule has 2 aromatic rings. The fourth-order valence-corrected chi connectivity index (χ4v) is 2.34. The van der Waals surface area contributed by atoms with Crippen molar-refractivity contribution in [2.45, 2.75) is 12.7 Å². The van der Waals surface area contributed by atoms with Crippen LogP contribution in [0.1, 0.15) is 11.1 Å². The van der Waals surface area contributed by atoms with Gasteiger partial charge in [0.25, 0.3) is 0 Å². The summed E-state index contributed by atoms with van der Waals surface area (Å²) < 4.78 is 43.6. The van der Waals surface area contributed by atoms with Gasteiger partial charge >= 0.3 is 18.0 Å². The number of benzene rings is 2. The van der Waals surface area contributed by atoms with E-state index in [4.69, 9.17) is 16.3 Å². The molecule has 138 valence electrons. The summed E-state index contributed by atoms with van der Waals surface area (Å²) in [7, 11) is 1.46. The summed E-state index contributed by atoms with van der Waals surface area (Å²) in [6.45, 7) is 0.0185. The minimum Gasteiger partial charge on any atom is -0.496 e. The molecule has 2 rings (SSSR count). The van der Waals surface area contributed by atoms with Gasteiger partial charge in [0.2, 0.25) is 0 Å². The van der Waals surface area contributed by atoms with E-state index in [1.54, 1.807) is 24.3 Å². The number of carbonyl (C=O) groups excluding carboxylic acids is 2. The summed E-state index contributed by atoms with van der Waals surface area (Å²) in [6, 6.07) is 9.69. The Kier molecular flexibility index (Phi) is 6.10. The number of hydrogen-bond acceptors (Lipinski definition) is 3. The van der Waals surface area contributed by atoms with E-state index in [2.05, 4.69) is 10.6 Å². The molecule has 0 aromatic heterocycles. The van der Waals surface area contributed by atoms with Gasteiger partial charge in [-0.25, -0.2) is 0 Å². The second-order valence-electron chi connectivity index (χ2n) is 5.14. The number of alkyl halides is 3. The fourth-order valence-electron chi connectivity index (χ4n) is 2.11. The summed E-state index contributed by atoms with van der Waals surface area (Å²) in [5.74, 6) is -1.57. The Bertz CT molecular complexity index is 825. The zero-order chi connectivity index (χ0) is 19.3. The molecule has 0 saturated carbocycles. The number of amides is 2. The smallest absolute Gasteiger partial charge is 0.417 e. The quantitative estimate of drug-likeness (QED) is 0.789. The van der Waals surface area contributed by atoms with Gasteiger partial charge in [-0.2, -0.15) is 13.2 Å². The van der Waals surface area contributed by atoms with Gasteiger partial charge in [-0.1, -0.05) is 29.8 Å². The summed E-state index contributed by atoms with van der Waals surface area (Å²) in [4.78, 5) is 23.7. The van der Waals surface area contributed by atoms with E-state index >= 15 is 0 Å². The number of hydrogen-bond donors (Lipinski definition) is 2. The van der Waals surface area contributed by atoms with Gasteiger partial charge in [0.05, 0.1) is 17.7 Å². The molecule has 26 heavy (non-hydrogen) atoms. The maximum Gasteiger partial charge on any atom is 0.417 e. The van der Waals surface area contributed by atoms with E-state index in [1.165, 1.54) is 13.2 Å². The summed E-state index contributed by atoms with van der Waals surface area (Å²) in [5, 5.41) is 3.97. The van der Waals surface area contributed by atoms with E-state index in [9.17, 15) is 22.8 Å². The molecule has 0 heterocycles. The largest absolute Gasteiger partial charge is 0.496 e. The molecule has 0 saturated heterocycles. The third kappa shape index (κ3) is 4.89. The van der Waals surface area contributed by atoms with Crippen LogP contribution in [-0.4, -0.2) is 18.9 Å². The lowest BCUT2D eigenvalue weighted by Crippen LogP contribution is -2.35. The summed E-state index contributed by atoms with van der Waals surface area (Å²) in [6.07, 6.45) is -4.68. The molecule has 0 spiro atoms. The minimum absolute atomic E-state index is 0.0185. The van der Waals surface area contributed by atoms with Crippen molar-refractivity contribution in [3.05, 3.63) is 58.6 Å². The van der Waals surface area contributed by atoms with Crippen LogP contribution in [0.5, 0.6) is 5.75 Å². The van der Waals surface area contributed by atoms with Gasteiger partial charge in [0.1, 0.15) is 5.75 Å². The predicted octanol–water partition coefficient (Wildman–Crippen LogP) is 3.62. The average molecular weight is 387 g/mol. The van der Waals surface area contributed by atoms with E-state index in [0.29, 0.717) is 17.4 Å². The average Bonchev–Trinajstić information content (AvgIpc) is 2.60. The monoisotopic (exact) mass is 386 g/mol. The number of anilines is 1. The van der Waals surface area contributed by atoms with Crippen molar-refractivity contribution in [2.75, 3.05) is 12.4 Å². The minimum atomic E-state index is -4.68. The first kappa shape index (κ1) is 19.6. The van der Waals surface area contributed by atoms with E-state index in [0.717, 1.165) is 6.07 Å². The molecule has 0 aliphatic heterocycles. The second kappa shape index (κ2) is 8.09. The second-order valence-corrected chi connectivity index (χ2v) is 5.55. The fraction of sp³-hybridized carbons (Fsp3) is 0.176. The van der Waals surface area contributed by atoms with Crippen LogP contribution in [0.25, 0.3) is 0 Å². The lowest BCUT2D eigenvalue weighted by Gasteiger charge is -2.12. The Morgan fingerprint density at radius 2 is 1.81 bits per heavy atom. The molecule has 2 amide bonds. The number of para-hydroxylation sites is 1. The highest BCUT2D eigenvalue weighted by Gasteiger charge is 2.33. The molecule has 0 unspecified atom stereocenters. The van der Waals surface area contributed by atoms with E-state index < -0.39 is 28.6 Å². The van der Waals surface area contributed by atoms with Crippen LogP contribution in [0.15, 0.2) is 42.5 Å². The molecular formula is C17H14ClF3N2O3. The first-order chi connectivity index (χ1) is 12.2. The van der Waals surface area contributed by atoms with Crippen molar-refractivity contribution in [3.8, 4) is 5.75 Å². The van der Waals surface area contributed by atoms with Gasteiger partial charge in [-0.3, -0.25) is 9.59 Å². The molecule has 0 aliphatic rings. The number of nitrogens with one attached hydrogen (secondary N) is 2. The van der Waals surface area contributed by atoms with Gasteiger partial charge < -0.3 is 15.4 Å². The normalized spacial score (nSPS) is 11.0. The molecule has 0 aliphatic carbocycles. The van der Waals surface area contributed by atoms with Crippen LogP contribution >= 0.6 is 11.6 Å². The molecule has 0 atom stereocenters. The number of ether oxygens (including phenoxy) is 1. The molecule has 9 heteroatoms. The Labute approximate surface area is 152 Å². The van der Waals surface area contributed by atoms with Crippen LogP contribution in [0.4, 0.5) is 18.9 Å². The van der Waals surface area contributed by atoms with Gasteiger partial charge in [0, 0.05) is 17.8 Å². The first-order valence-corrected chi connectivity index (χ1v) is 7.68. The lowest BCUT2D eigenvalue weighted by molar-refractivity contribution is -0.137. The van der Waals surface area contributed by atoms with Crippen molar-refractivity contribution in [1.82, 2.24) is 5.32 Å². The molecule has 5 nitrogen and oxygen atoms in total. The molecule has 0 radical (unpaired) electrons. The highest BCUT2D eigenvalue weighted by Crippen LogP contribution is 2.36. The summed E-state index contributed by atoms with van der Waals surface area (Å²) >= 11 is 5.50. The number of carbonyl (C=O) groups is 2. The van der Waals surface area contributed by atoms with Crippen LogP contribution in [0.3, 0.4) is 0 Å². The topological polar surface area (TPSA) is 67.4 Å². The summed E-state index contributed by atoms with van der Waals surface area (Å²) in [5.41, 5.74) is -0.660. The third-order valence-corrected chi connectivity index (χ3v) is 3.70. The molecule has 0 fully saturated rings. The van der Waals surface area contributed by atoms with Crippen molar-refractivity contribution in [1.29, 1.82) is 0 Å². The predicted molar refractivity (Wildman–Crippen MR) is 89.9 cm³/mol.